The van der Waals surface area contributed by atoms with Gasteiger partial charge >= 0.3 is 0 Å². The maximum absolute atomic E-state index is 10.5. The molecule has 13 heavy (non-hydrogen) atoms. The van der Waals surface area contributed by atoms with Gasteiger partial charge in [0.05, 0.1) is 6.61 Å². The number of rotatable bonds is 7. The molecule has 0 atom stereocenters. The van der Waals surface area contributed by atoms with E-state index in [0.717, 1.165) is 13.1 Å². The molecule has 2 N–H and O–H groups in total. The van der Waals surface area contributed by atoms with E-state index < -0.39 is 0 Å². The molecule has 0 spiro atoms. The van der Waals surface area contributed by atoms with E-state index >= 15 is 0 Å². The highest BCUT2D eigenvalue weighted by Gasteiger charge is 2.01. The predicted octanol–water partition coefficient (Wildman–Crippen LogP) is -0.397. The number of hydrogen-bond donors (Lipinski definition) is 2. The molecule has 0 heterocycles. The molecule has 0 fully saturated rings. The van der Waals surface area contributed by atoms with Crippen LogP contribution >= 0.6 is 0 Å². The second-order valence-electron chi connectivity index (χ2n) is 2.80. The summed E-state index contributed by atoms with van der Waals surface area (Å²) in [4.78, 5) is 12.6. The number of nitrogens with zero attached hydrogens (tertiary/aromatic N) is 1. The fourth-order valence-corrected chi connectivity index (χ4v) is 1.01. The van der Waals surface area contributed by atoms with Gasteiger partial charge in [-0.3, -0.25) is 9.69 Å². The van der Waals surface area contributed by atoms with Gasteiger partial charge in [0, 0.05) is 33.1 Å². The first-order valence-electron chi connectivity index (χ1n) is 4.39. The van der Waals surface area contributed by atoms with Crippen LogP contribution in [0.2, 0.25) is 0 Å². The number of nitrogens with one attached hydrogen (secondary N) is 1. The number of amides is 1. The summed E-state index contributed by atoms with van der Waals surface area (Å²) in [6.07, 6.45) is 1.78. The van der Waals surface area contributed by atoms with Crippen LogP contribution in [0.3, 0.4) is 0 Å². The van der Waals surface area contributed by atoms with Crippen LogP contribution in [-0.4, -0.2) is 48.7 Å². The quantitative estimate of drug-likeness (QED) is 0.532. The van der Waals surface area contributed by atoms with Gasteiger partial charge in [0.1, 0.15) is 0 Å². The van der Waals surface area contributed by atoms with Crippen LogP contribution < -0.4 is 5.32 Å². The van der Waals surface area contributed by atoms with E-state index in [1.54, 1.807) is 6.08 Å². The Balaban J connectivity index is 3.55. The van der Waals surface area contributed by atoms with Crippen LogP contribution in [0.25, 0.3) is 0 Å². The fourth-order valence-electron chi connectivity index (χ4n) is 1.01. The molecule has 1 amide bonds. The van der Waals surface area contributed by atoms with Crippen molar-refractivity contribution in [2.75, 3.05) is 32.8 Å². The SMILES string of the molecule is C=CCN(CCO)CCNC(C)=O. The molecule has 4 nitrogen and oxygen atoms in total. The van der Waals surface area contributed by atoms with Gasteiger partial charge < -0.3 is 10.4 Å². The number of aliphatic hydroxyl groups excluding tert-OH is 1. The zero-order valence-corrected chi connectivity index (χ0v) is 8.12. The average molecular weight is 186 g/mol. The lowest BCUT2D eigenvalue weighted by Gasteiger charge is -2.18. The Bertz CT molecular complexity index is 160. The van der Waals surface area contributed by atoms with Gasteiger partial charge in [0.25, 0.3) is 0 Å². The summed E-state index contributed by atoms with van der Waals surface area (Å²) in [7, 11) is 0. The highest BCUT2D eigenvalue weighted by atomic mass is 16.3. The summed E-state index contributed by atoms with van der Waals surface area (Å²) in [6.45, 7) is 7.95. The van der Waals surface area contributed by atoms with Gasteiger partial charge in [-0.15, -0.1) is 6.58 Å². The van der Waals surface area contributed by atoms with Crippen LogP contribution in [-0.2, 0) is 4.79 Å². The van der Waals surface area contributed by atoms with Crippen LogP contribution in [0.5, 0.6) is 0 Å². The Labute approximate surface area is 79.2 Å². The number of hydrogen-bond acceptors (Lipinski definition) is 3. The third kappa shape index (κ3) is 7.49. The fraction of sp³-hybridized carbons (Fsp3) is 0.667. The Morgan fingerprint density at radius 3 is 2.77 bits per heavy atom. The van der Waals surface area contributed by atoms with Crippen molar-refractivity contribution in [1.29, 1.82) is 0 Å². The van der Waals surface area contributed by atoms with E-state index in [4.69, 9.17) is 5.11 Å². The van der Waals surface area contributed by atoms with Crippen LogP contribution in [0.4, 0.5) is 0 Å². The minimum Gasteiger partial charge on any atom is -0.395 e. The Morgan fingerprint density at radius 2 is 2.31 bits per heavy atom. The first-order valence-corrected chi connectivity index (χ1v) is 4.39. The summed E-state index contributed by atoms with van der Waals surface area (Å²) in [5.41, 5.74) is 0. The van der Waals surface area contributed by atoms with Crippen LogP contribution in [0, 0.1) is 0 Å². The van der Waals surface area contributed by atoms with Gasteiger partial charge in [-0.05, 0) is 0 Å². The molecule has 0 unspecified atom stereocenters. The molecule has 0 saturated heterocycles. The first kappa shape index (κ1) is 12.1. The molecule has 0 aromatic heterocycles. The third-order valence-electron chi connectivity index (χ3n) is 1.61. The van der Waals surface area contributed by atoms with Crippen molar-refractivity contribution in [2.45, 2.75) is 6.92 Å². The van der Waals surface area contributed by atoms with E-state index in [0.29, 0.717) is 13.1 Å². The molecule has 0 rings (SSSR count). The van der Waals surface area contributed by atoms with Gasteiger partial charge in [0.2, 0.25) is 5.91 Å². The zero-order valence-electron chi connectivity index (χ0n) is 8.12. The molecule has 4 heteroatoms. The molecule has 0 saturated carbocycles. The monoisotopic (exact) mass is 186 g/mol. The normalized spacial score (nSPS) is 10.1. The minimum atomic E-state index is -0.0254. The minimum absolute atomic E-state index is 0.0254. The van der Waals surface area contributed by atoms with Crippen molar-refractivity contribution >= 4 is 5.91 Å². The molecule has 0 aliphatic rings. The largest absolute Gasteiger partial charge is 0.395 e. The number of carbonyl (C=O) groups excluding carboxylic acids is 1. The molecular formula is C9H18N2O2. The maximum atomic E-state index is 10.5. The topological polar surface area (TPSA) is 52.6 Å². The molecule has 0 aromatic rings. The molecule has 0 aliphatic heterocycles. The first-order chi connectivity index (χ1) is 6.20. The van der Waals surface area contributed by atoms with Gasteiger partial charge in [0.15, 0.2) is 0 Å². The van der Waals surface area contributed by atoms with Crippen LogP contribution in [0.15, 0.2) is 12.7 Å². The highest BCUT2D eigenvalue weighted by Crippen LogP contribution is 1.86. The lowest BCUT2D eigenvalue weighted by atomic mass is 10.4. The van der Waals surface area contributed by atoms with Crippen molar-refractivity contribution in [3.63, 3.8) is 0 Å². The second kappa shape index (κ2) is 7.76. The van der Waals surface area contributed by atoms with E-state index in [2.05, 4.69) is 11.9 Å². The number of carbonyl (C=O) groups is 1. The highest BCUT2D eigenvalue weighted by molar-refractivity contribution is 5.72. The molecule has 0 aromatic carbocycles. The third-order valence-corrected chi connectivity index (χ3v) is 1.61. The average Bonchev–Trinajstić information content (AvgIpc) is 2.04. The molecular weight excluding hydrogens is 168 g/mol. The predicted molar refractivity (Wildman–Crippen MR) is 52.4 cm³/mol. The van der Waals surface area contributed by atoms with Gasteiger partial charge in [-0.2, -0.15) is 0 Å². The Hall–Kier alpha value is -0.870. The lowest BCUT2D eigenvalue weighted by Crippen LogP contribution is -2.35. The summed E-state index contributed by atoms with van der Waals surface area (Å²) in [5, 5.41) is 11.4. The van der Waals surface area contributed by atoms with E-state index in [1.807, 2.05) is 4.90 Å². The number of aliphatic hydroxyl groups is 1. The maximum Gasteiger partial charge on any atom is 0.216 e. The van der Waals surface area contributed by atoms with Crippen molar-refractivity contribution in [3.05, 3.63) is 12.7 Å². The summed E-state index contributed by atoms with van der Waals surface area (Å²) < 4.78 is 0. The lowest BCUT2D eigenvalue weighted by molar-refractivity contribution is -0.119. The van der Waals surface area contributed by atoms with E-state index in [-0.39, 0.29) is 12.5 Å². The molecule has 0 bridgehead atoms. The Kier molecular flexibility index (Phi) is 7.24. The van der Waals surface area contributed by atoms with Gasteiger partial charge in [-0.25, -0.2) is 0 Å². The van der Waals surface area contributed by atoms with E-state index in [9.17, 15) is 4.79 Å². The second-order valence-corrected chi connectivity index (χ2v) is 2.80. The van der Waals surface area contributed by atoms with Crippen molar-refractivity contribution in [1.82, 2.24) is 10.2 Å². The standard InChI is InChI=1S/C9H18N2O2/c1-3-5-11(7-8-12)6-4-10-9(2)13/h3,12H,1,4-8H2,2H3,(H,10,13). The Morgan fingerprint density at radius 1 is 1.62 bits per heavy atom. The van der Waals surface area contributed by atoms with Crippen LogP contribution in [0.1, 0.15) is 6.92 Å². The molecule has 76 valence electrons. The summed E-state index contributed by atoms with van der Waals surface area (Å²) >= 11 is 0. The van der Waals surface area contributed by atoms with Crippen molar-refractivity contribution in [3.8, 4) is 0 Å². The van der Waals surface area contributed by atoms with E-state index in [1.165, 1.54) is 6.92 Å². The summed E-state index contributed by atoms with van der Waals surface area (Å²) in [5.74, 6) is -0.0254. The molecule has 0 radical (unpaired) electrons. The zero-order chi connectivity index (χ0) is 10.1. The summed E-state index contributed by atoms with van der Waals surface area (Å²) in [6, 6.07) is 0. The smallest absolute Gasteiger partial charge is 0.216 e. The van der Waals surface area contributed by atoms with Crippen molar-refractivity contribution in [2.24, 2.45) is 0 Å². The van der Waals surface area contributed by atoms with Crippen molar-refractivity contribution < 1.29 is 9.90 Å². The molecule has 0 aliphatic carbocycles. The van der Waals surface area contributed by atoms with Gasteiger partial charge in [-0.1, -0.05) is 6.08 Å².